The van der Waals surface area contributed by atoms with E-state index < -0.39 is 5.60 Å². The Morgan fingerprint density at radius 2 is 1.48 bits per heavy atom. The number of aliphatic hydroxyl groups is 1. The minimum Gasteiger partial charge on any atom is -0.380 e. The average molecular weight is 347 g/mol. The third-order valence-corrected chi connectivity index (χ3v) is 5.53. The van der Waals surface area contributed by atoms with Crippen molar-refractivity contribution in [2.75, 3.05) is 13.1 Å². The number of ketones is 2. The van der Waals surface area contributed by atoms with Gasteiger partial charge in [0.1, 0.15) is 5.60 Å². The van der Waals surface area contributed by atoms with E-state index in [1.807, 2.05) is 0 Å². The minimum atomic E-state index is -1.52. The van der Waals surface area contributed by atoms with Gasteiger partial charge in [-0.2, -0.15) is 0 Å². The summed E-state index contributed by atoms with van der Waals surface area (Å²) in [5.41, 5.74) is 0.288. The van der Waals surface area contributed by atoms with Crippen LogP contribution in [0.2, 0.25) is 0 Å². The summed E-state index contributed by atoms with van der Waals surface area (Å²) in [5, 5.41) is 10.7. The summed E-state index contributed by atoms with van der Waals surface area (Å²) < 4.78 is 0. The molecule has 1 heterocycles. The Bertz CT molecular complexity index is 647. The van der Waals surface area contributed by atoms with Crippen LogP contribution >= 0.6 is 0 Å². The SMILES string of the molecule is CC1=C(C)C(=O)C(CCC(C)(O)C(=O)N2CCCCCC2)=C(C)C1=O. The molecular formula is C20H29NO4. The summed E-state index contributed by atoms with van der Waals surface area (Å²) in [4.78, 5) is 39.1. The maximum atomic E-state index is 12.7. The molecule has 5 nitrogen and oxygen atoms in total. The van der Waals surface area contributed by atoms with Crippen molar-refractivity contribution >= 4 is 17.5 Å². The number of hydrogen-bond acceptors (Lipinski definition) is 4. The van der Waals surface area contributed by atoms with Gasteiger partial charge < -0.3 is 10.0 Å². The number of nitrogens with zero attached hydrogens (tertiary/aromatic N) is 1. The maximum Gasteiger partial charge on any atom is 0.254 e. The van der Waals surface area contributed by atoms with E-state index in [-0.39, 0.29) is 30.3 Å². The summed E-state index contributed by atoms with van der Waals surface area (Å²) in [6, 6.07) is 0. The molecule has 25 heavy (non-hydrogen) atoms. The third kappa shape index (κ3) is 4.09. The van der Waals surface area contributed by atoms with Crippen LogP contribution in [0.5, 0.6) is 0 Å². The Kier molecular flexibility index (Phi) is 5.99. The van der Waals surface area contributed by atoms with Crippen LogP contribution in [0.3, 0.4) is 0 Å². The zero-order valence-corrected chi connectivity index (χ0v) is 15.8. The van der Waals surface area contributed by atoms with Crippen molar-refractivity contribution in [2.45, 2.75) is 71.8 Å². The van der Waals surface area contributed by atoms with E-state index in [9.17, 15) is 19.5 Å². The summed E-state index contributed by atoms with van der Waals surface area (Å²) in [5.74, 6) is -0.538. The molecule has 1 unspecified atom stereocenters. The number of likely N-dealkylation sites (tertiary alicyclic amines) is 1. The molecular weight excluding hydrogens is 318 g/mol. The minimum absolute atomic E-state index is 0.120. The Morgan fingerprint density at radius 3 is 2.04 bits per heavy atom. The smallest absolute Gasteiger partial charge is 0.254 e. The van der Waals surface area contributed by atoms with Gasteiger partial charge in [-0.3, -0.25) is 14.4 Å². The second-order valence-electron chi connectivity index (χ2n) is 7.49. The molecule has 1 saturated heterocycles. The fourth-order valence-corrected chi connectivity index (χ4v) is 3.55. The van der Waals surface area contributed by atoms with E-state index in [4.69, 9.17) is 0 Å². The second-order valence-corrected chi connectivity index (χ2v) is 7.49. The van der Waals surface area contributed by atoms with Crippen LogP contribution in [-0.2, 0) is 14.4 Å². The van der Waals surface area contributed by atoms with E-state index in [1.165, 1.54) is 6.92 Å². The molecule has 5 heteroatoms. The molecule has 1 N–H and O–H groups in total. The lowest BCUT2D eigenvalue weighted by atomic mass is 9.82. The zero-order valence-electron chi connectivity index (χ0n) is 15.8. The summed E-state index contributed by atoms with van der Waals surface area (Å²) in [6.45, 7) is 7.83. The van der Waals surface area contributed by atoms with Crippen molar-refractivity contribution in [3.8, 4) is 0 Å². The third-order valence-electron chi connectivity index (χ3n) is 5.53. The van der Waals surface area contributed by atoms with Crippen molar-refractivity contribution in [3.05, 3.63) is 22.3 Å². The highest BCUT2D eigenvalue weighted by atomic mass is 16.3. The van der Waals surface area contributed by atoms with Gasteiger partial charge in [-0.15, -0.1) is 0 Å². The van der Waals surface area contributed by atoms with E-state index in [0.717, 1.165) is 25.7 Å². The van der Waals surface area contributed by atoms with Gasteiger partial charge >= 0.3 is 0 Å². The summed E-state index contributed by atoms with van der Waals surface area (Å²) >= 11 is 0. The number of Topliss-reactive ketones (excluding diaryl/α,β-unsaturated/α-hetero) is 2. The number of rotatable bonds is 4. The van der Waals surface area contributed by atoms with Gasteiger partial charge in [0, 0.05) is 35.4 Å². The highest BCUT2D eigenvalue weighted by Crippen LogP contribution is 2.29. The zero-order chi connectivity index (χ0) is 18.8. The molecule has 0 aromatic rings. The van der Waals surface area contributed by atoms with Crippen molar-refractivity contribution in [1.29, 1.82) is 0 Å². The van der Waals surface area contributed by atoms with E-state index in [2.05, 4.69) is 0 Å². The molecule has 0 saturated carbocycles. The lowest BCUT2D eigenvalue weighted by Gasteiger charge is -2.31. The Morgan fingerprint density at radius 1 is 0.960 bits per heavy atom. The van der Waals surface area contributed by atoms with Crippen LogP contribution in [0.1, 0.15) is 66.2 Å². The first-order valence-corrected chi connectivity index (χ1v) is 9.15. The van der Waals surface area contributed by atoms with Gasteiger partial charge in [0.15, 0.2) is 11.6 Å². The molecule has 2 rings (SSSR count). The van der Waals surface area contributed by atoms with Crippen LogP contribution in [0, 0.1) is 0 Å². The van der Waals surface area contributed by atoms with Crippen LogP contribution in [0.4, 0.5) is 0 Å². The molecule has 0 spiro atoms. The molecule has 2 aliphatic rings. The normalized spacial score (nSPS) is 22.2. The predicted octanol–water partition coefficient (Wildman–Crippen LogP) is 2.72. The number of allylic oxidation sites excluding steroid dienone is 4. The molecule has 138 valence electrons. The Labute approximate surface area is 149 Å². The number of hydrogen-bond donors (Lipinski definition) is 1. The maximum absolute atomic E-state index is 12.7. The number of amides is 1. The molecule has 1 atom stereocenters. The fraction of sp³-hybridized carbons (Fsp3) is 0.650. The molecule has 0 radical (unpaired) electrons. The first kappa shape index (κ1) is 19.6. The van der Waals surface area contributed by atoms with Gasteiger partial charge in [-0.05, 0) is 53.4 Å². The molecule has 1 amide bonds. The summed E-state index contributed by atoms with van der Waals surface area (Å²) in [6.07, 6.45) is 4.51. The standard InChI is InChI=1S/C20H29NO4/c1-13-14(2)18(23)16(15(3)17(13)22)9-10-20(4,25)19(24)21-11-7-5-6-8-12-21/h25H,5-12H2,1-4H3. The molecule has 1 aliphatic heterocycles. The Balaban J connectivity index is 2.09. The summed E-state index contributed by atoms with van der Waals surface area (Å²) in [7, 11) is 0. The van der Waals surface area contributed by atoms with Crippen LogP contribution < -0.4 is 0 Å². The molecule has 0 aromatic heterocycles. The van der Waals surface area contributed by atoms with Crippen molar-refractivity contribution in [1.82, 2.24) is 4.90 Å². The lowest BCUT2D eigenvalue weighted by molar-refractivity contribution is -0.150. The van der Waals surface area contributed by atoms with Gasteiger partial charge in [0.25, 0.3) is 5.91 Å². The largest absolute Gasteiger partial charge is 0.380 e. The lowest BCUT2D eigenvalue weighted by Crippen LogP contribution is -2.47. The topological polar surface area (TPSA) is 74.7 Å². The van der Waals surface area contributed by atoms with E-state index in [1.54, 1.807) is 25.7 Å². The van der Waals surface area contributed by atoms with Gasteiger partial charge in [0.05, 0.1) is 0 Å². The predicted molar refractivity (Wildman–Crippen MR) is 96.0 cm³/mol. The quantitative estimate of drug-likeness (QED) is 0.794. The highest BCUT2D eigenvalue weighted by molar-refractivity contribution is 6.24. The first-order chi connectivity index (χ1) is 11.7. The van der Waals surface area contributed by atoms with Gasteiger partial charge in [-0.1, -0.05) is 12.8 Å². The molecule has 0 aromatic carbocycles. The molecule has 0 bridgehead atoms. The first-order valence-electron chi connectivity index (χ1n) is 9.15. The number of carbonyl (C=O) groups excluding carboxylic acids is 3. The van der Waals surface area contributed by atoms with Gasteiger partial charge in [0.2, 0.25) is 0 Å². The van der Waals surface area contributed by atoms with Crippen molar-refractivity contribution in [2.24, 2.45) is 0 Å². The molecule has 1 fully saturated rings. The average Bonchev–Trinajstić information content (AvgIpc) is 2.86. The molecule has 1 aliphatic carbocycles. The van der Waals surface area contributed by atoms with Crippen LogP contribution in [0.25, 0.3) is 0 Å². The monoisotopic (exact) mass is 347 g/mol. The Hall–Kier alpha value is -1.75. The fourth-order valence-electron chi connectivity index (χ4n) is 3.55. The van der Waals surface area contributed by atoms with Crippen molar-refractivity contribution < 1.29 is 19.5 Å². The van der Waals surface area contributed by atoms with Crippen LogP contribution in [-0.4, -0.2) is 46.2 Å². The van der Waals surface area contributed by atoms with E-state index in [0.29, 0.717) is 35.4 Å². The van der Waals surface area contributed by atoms with Gasteiger partial charge in [-0.25, -0.2) is 0 Å². The van der Waals surface area contributed by atoms with Crippen LogP contribution in [0.15, 0.2) is 22.3 Å². The van der Waals surface area contributed by atoms with E-state index >= 15 is 0 Å². The number of carbonyl (C=O) groups is 3. The van der Waals surface area contributed by atoms with Crippen molar-refractivity contribution in [3.63, 3.8) is 0 Å². The second kappa shape index (κ2) is 7.65. The highest BCUT2D eigenvalue weighted by Gasteiger charge is 2.36.